The van der Waals surface area contributed by atoms with Crippen LogP contribution < -0.4 is 25.9 Å². The lowest BCUT2D eigenvalue weighted by atomic mass is 9.80. The topological polar surface area (TPSA) is 71.0 Å². The molecule has 0 spiro atoms. The Morgan fingerprint density at radius 1 is 0.279 bits per heavy atom. The minimum atomic E-state index is -1.45. The Kier molecular flexibility index (Phi) is 16.3. The van der Waals surface area contributed by atoms with Crippen LogP contribution in [0.4, 0.5) is 56.9 Å². The summed E-state index contributed by atoms with van der Waals surface area (Å²) < 4.78 is 1.09. The first kappa shape index (κ1) is 46.4. The largest absolute Gasteiger partial charge is 0.488 e. The summed E-state index contributed by atoms with van der Waals surface area (Å²) in [7, 11) is -1.45. The summed E-state index contributed by atoms with van der Waals surface area (Å²) in [6.45, 7) is 0. The van der Waals surface area contributed by atoms with Gasteiger partial charge >= 0.3 is 7.12 Å². The number of anilines is 10. The lowest BCUT2D eigenvalue weighted by Crippen LogP contribution is -2.29. The van der Waals surface area contributed by atoms with Crippen LogP contribution in [0.25, 0.3) is 11.1 Å². The van der Waals surface area contributed by atoms with Crippen molar-refractivity contribution in [2.75, 3.05) is 20.4 Å². The van der Waals surface area contributed by atoms with Crippen LogP contribution in [0, 0.1) is 0 Å². The van der Waals surface area contributed by atoms with Crippen molar-refractivity contribution in [3.63, 3.8) is 0 Å². The highest BCUT2D eigenvalue weighted by Crippen LogP contribution is 2.36. The normalized spacial score (nSPS) is 10.3. The molecule has 0 saturated heterocycles. The smallest absolute Gasteiger partial charge is 0.423 e. The standard InChI is InChI=1S/C30H24N2.C18H16BNO2.C12H10BrN/c1-4-10-26(11-5-1)31-27-20-16-24(17-21-27)25-18-22-30(23-19-25)32(28-12-6-2-7-13-28)29-14-8-3-9-15-29;21-19(22)15-11-13-18(14-12-15)20(16-7-3-1-4-8-16)17-9-5-2-6-10-17;13-10-6-8-12(9-7-10)14-11-4-2-1-3-5-11/h1-23,31H;1-14,21-22H;1-9,14H. The highest BCUT2D eigenvalue weighted by molar-refractivity contribution is 9.10. The Balaban J connectivity index is 0.000000150. The summed E-state index contributed by atoms with van der Waals surface area (Å²) in [5, 5.41) is 25.2. The molecule has 0 saturated carbocycles. The van der Waals surface area contributed by atoms with Gasteiger partial charge in [0.1, 0.15) is 0 Å². The summed E-state index contributed by atoms with van der Waals surface area (Å²) >= 11 is 3.40. The van der Waals surface area contributed by atoms with E-state index in [0.29, 0.717) is 5.46 Å². The first-order valence-corrected chi connectivity index (χ1v) is 23.1. The number of nitrogens with zero attached hydrogens (tertiary/aromatic N) is 2. The molecule has 6 nitrogen and oxygen atoms in total. The number of halogens is 1. The molecule has 0 amide bonds. The molecular weight excluding hydrogens is 899 g/mol. The molecule has 10 aromatic carbocycles. The van der Waals surface area contributed by atoms with Gasteiger partial charge in [-0.25, -0.2) is 0 Å². The predicted octanol–water partition coefficient (Wildman–Crippen LogP) is 15.6. The highest BCUT2D eigenvalue weighted by Gasteiger charge is 2.15. The lowest BCUT2D eigenvalue weighted by Gasteiger charge is -2.25. The van der Waals surface area contributed by atoms with E-state index in [1.807, 2.05) is 158 Å². The van der Waals surface area contributed by atoms with Gasteiger partial charge in [0, 0.05) is 61.3 Å². The maximum atomic E-state index is 9.23. The van der Waals surface area contributed by atoms with Crippen molar-refractivity contribution < 1.29 is 10.0 Å². The molecule has 0 unspecified atom stereocenters. The van der Waals surface area contributed by atoms with E-state index in [1.54, 1.807) is 12.1 Å². The second-order valence-corrected chi connectivity index (χ2v) is 16.5. The summed E-state index contributed by atoms with van der Waals surface area (Å²) in [5.41, 5.74) is 13.7. The molecule has 8 heteroatoms. The molecule has 0 fully saturated rings. The third-order valence-corrected chi connectivity index (χ3v) is 11.3. The van der Waals surface area contributed by atoms with Gasteiger partial charge in [0.05, 0.1) is 0 Å². The van der Waals surface area contributed by atoms with Crippen LogP contribution in [0.5, 0.6) is 0 Å². The predicted molar refractivity (Wildman–Crippen MR) is 291 cm³/mol. The van der Waals surface area contributed by atoms with Crippen molar-refractivity contribution in [1.29, 1.82) is 0 Å². The number of nitrogens with one attached hydrogen (secondary N) is 2. The van der Waals surface area contributed by atoms with E-state index in [-0.39, 0.29) is 0 Å². The first-order valence-electron chi connectivity index (χ1n) is 22.3. The van der Waals surface area contributed by atoms with Crippen LogP contribution >= 0.6 is 15.9 Å². The monoisotopic (exact) mass is 948 g/mol. The van der Waals surface area contributed by atoms with Crippen LogP contribution in [-0.4, -0.2) is 17.2 Å². The van der Waals surface area contributed by atoms with E-state index in [1.165, 1.54) is 11.1 Å². The van der Waals surface area contributed by atoms with Crippen molar-refractivity contribution in [2.45, 2.75) is 0 Å². The van der Waals surface area contributed by atoms with E-state index < -0.39 is 7.12 Å². The van der Waals surface area contributed by atoms with E-state index in [9.17, 15) is 10.0 Å². The average molecular weight is 950 g/mol. The average Bonchev–Trinajstić information content (AvgIpc) is 3.40. The van der Waals surface area contributed by atoms with E-state index >= 15 is 0 Å². The maximum absolute atomic E-state index is 9.23. The van der Waals surface area contributed by atoms with Crippen LogP contribution in [0.3, 0.4) is 0 Å². The number of hydrogen-bond donors (Lipinski definition) is 4. The van der Waals surface area contributed by atoms with Gasteiger partial charge in [-0.15, -0.1) is 0 Å². The third kappa shape index (κ3) is 13.0. The van der Waals surface area contributed by atoms with Gasteiger partial charge in [-0.05, 0) is 150 Å². The zero-order chi connectivity index (χ0) is 46.8. The fraction of sp³-hybridized carbons (Fsp3) is 0. The second-order valence-electron chi connectivity index (χ2n) is 15.6. The van der Waals surface area contributed by atoms with E-state index in [4.69, 9.17) is 0 Å². The van der Waals surface area contributed by atoms with Crippen molar-refractivity contribution in [1.82, 2.24) is 0 Å². The van der Waals surface area contributed by atoms with Gasteiger partial charge in [0.2, 0.25) is 0 Å². The molecule has 10 aromatic rings. The Labute approximate surface area is 408 Å². The van der Waals surface area contributed by atoms with Crippen LogP contribution in [0.1, 0.15) is 0 Å². The minimum Gasteiger partial charge on any atom is -0.423 e. The molecule has 332 valence electrons. The quantitative estimate of drug-likeness (QED) is 0.0915. The third-order valence-electron chi connectivity index (χ3n) is 10.8. The van der Waals surface area contributed by atoms with Gasteiger partial charge in [0.15, 0.2) is 0 Å². The molecule has 0 atom stereocenters. The first-order chi connectivity index (χ1) is 33.5. The Hall–Kier alpha value is -8.14. The van der Waals surface area contributed by atoms with Crippen molar-refractivity contribution in [3.8, 4) is 11.1 Å². The van der Waals surface area contributed by atoms with Gasteiger partial charge in [-0.2, -0.15) is 0 Å². The fourth-order valence-electron chi connectivity index (χ4n) is 7.46. The van der Waals surface area contributed by atoms with E-state index in [2.05, 4.69) is 146 Å². The molecule has 0 bridgehead atoms. The molecule has 10 rings (SSSR count). The van der Waals surface area contributed by atoms with Crippen molar-refractivity contribution in [2.24, 2.45) is 0 Å². The molecule has 0 radical (unpaired) electrons. The summed E-state index contributed by atoms with van der Waals surface area (Å²) in [6.07, 6.45) is 0. The minimum absolute atomic E-state index is 0.477. The maximum Gasteiger partial charge on any atom is 0.488 e. The number of rotatable bonds is 12. The van der Waals surface area contributed by atoms with Crippen LogP contribution in [-0.2, 0) is 0 Å². The summed E-state index contributed by atoms with van der Waals surface area (Å²) in [5.74, 6) is 0. The van der Waals surface area contributed by atoms with Crippen molar-refractivity contribution in [3.05, 3.63) is 284 Å². The van der Waals surface area contributed by atoms with Crippen LogP contribution in [0.2, 0.25) is 0 Å². The highest BCUT2D eigenvalue weighted by atomic mass is 79.9. The molecule has 68 heavy (non-hydrogen) atoms. The number of hydrogen-bond acceptors (Lipinski definition) is 6. The van der Waals surface area contributed by atoms with Crippen LogP contribution in [0.15, 0.2) is 284 Å². The lowest BCUT2D eigenvalue weighted by molar-refractivity contribution is 0.426. The second kappa shape index (κ2) is 23.9. The van der Waals surface area contributed by atoms with Crippen molar-refractivity contribution >= 4 is 85.4 Å². The Bertz CT molecular complexity index is 2910. The molecule has 0 aliphatic heterocycles. The molecule has 0 heterocycles. The number of benzene rings is 10. The number of para-hydroxylation sites is 6. The molecule has 0 aliphatic carbocycles. The Morgan fingerprint density at radius 3 is 0.853 bits per heavy atom. The summed E-state index contributed by atoms with van der Waals surface area (Å²) in [4.78, 5) is 4.39. The molecular formula is C60H50BBrN4O2. The Morgan fingerprint density at radius 2 is 0.529 bits per heavy atom. The van der Waals surface area contributed by atoms with E-state index in [0.717, 1.165) is 61.3 Å². The fourth-order valence-corrected chi connectivity index (χ4v) is 7.72. The zero-order valence-corrected chi connectivity index (χ0v) is 38.9. The SMILES string of the molecule is Brc1ccc(Nc2ccccc2)cc1.OB(O)c1ccc(N(c2ccccc2)c2ccccc2)cc1.c1ccc(Nc2ccc(-c3ccc(N(c4ccccc4)c4ccccc4)cc3)cc2)cc1. The zero-order valence-electron chi connectivity index (χ0n) is 37.3. The van der Waals surface area contributed by atoms with Gasteiger partial charge in [-0.3, -0.25) is 0 Å². The molecule has 0 aromatic heterocycles. The van der Waals surface area contributed by atoms with Gasteiger partial charge < -0.3 is 30.5 Å². The van der Waals surface area contributed by atoms with Gasteiger partial charge in [0.25, 0.3) is 0 Å². The van der Waals surface area contributed by atoms with Gasteiger partial charge in [-0.1, -0.05) is 162 Å². The molecule has 0 aliphatic rings. The summed E-state index contributed by atoms with van der Waals surface area (Å²) in [6, 6.07) is 94.1. The molecule has 4 N–H and O–H groups in total.